The van der Waals surface area contributed by atoms with E-state index >= 15 is 0 Å². The third kappa shape index (κ3) is 5.23. The molecule has 0 aliphatic carbocycles. The average molecular weight is 405 g/mol. The number of nitrogens with zero attached hydrogens (tertiary/aromatic N) is 2. The summed E-state index contributed by atoms with van der Waals surface area (Å²) < 4.78 is 18.7. The number of carbonyl (C=O) groups excluding carboxylic acids is 2. The molecule has 2 aromatic rings. The quantitative estimate of drug-likeness (QED) is 0.769. The topological polar surface area (TPSA) is 49.9 Å². The summed E-state index contributed by atoms with van der Waals surface area (Å²) in [5.41, 5.74) is 0.773. The predicted octanol–water partition coefficient (Wildman–Crippen LogP) is 3.16. The van der Waals surface area contributed by atoms with Crippen molar-refractivity contribution in [1.29, 1.82) is 0 Å². The molecule has 28 heavy (non-hydrogen) atoms. The van der Waals surface area contributed by atoms with Crippen LogP contribution in [0.4, 0.5) is 4.39 Å². The molecule has 2 amide bonds. The van der Waals surface area contributed by atoms with Crippen LogP contribution in [0.25, 0.3) is 0 Å². The first-order valence-electron chi connectivity index (χ1n) is 9.15. The van der Waals surface area contributed by atoms with Crippen molar-refractivity contribution in [2.45, 2.75) is 19.4 Å². The summed E-state index contributed by atoms with van der Waals surface area (Å²) >= 11 is 5.85. The molecule has 1 aliphatic heterocycles. The van der Waals surface area contributed by atoms with E-state index in [1.807, 2.05) is 0 Å². The Bertz CT molecular complexity index is 819. The number of amides is 2. The molecule has 0 saturated carbocycles. The van der Waals surface area contributed by atoms with Crippen LogP contribution in [0.2, 0.25) is 5.02 Å². The van der Waals surface area contributed by atoms with Crippen LogP contribution in [-0.4, -0.2) is 53.9 Å². The van der Waals surface area contributed by atoms with Gasteiger partial charge in [0, 0.05) is 31.2 Å². The third-order valence-corrected chi connectivity index (χ3v) is 4.94. The fraction of sp³-hybridized carbons (Fsp3) is 0.333. The molecule has 5 nitrogen and oxygen atoms in total. The van der Waals surface area contributed by atoms with Crippen molar-refractivity contribution in [3.8, 4) is 5.75 Å². The highest BCUT2D eigenvalue weighted by Gasteiger charge is 2.27. The zero-order chi connectivity index (χ0) is 20.1. The van der Waals surface area contributed by atoms with Gasteiger partial charge in [-0.3, -0.25) is 9.59 Å². The first-order valence-corrected chi connectivity index (χ1v) is 9.53. The maximum Gasteiger partial charge on any atom is 0.263 e. The lowest BCUT2D eigenvalue weighted by molar-refractivity contribution is -0.143. The molecular formula is C21H22ClFN2O3. The van der Waals surface area contributed by atoms with E-state index in [4.69, 9.17) is 16.3 Å². The smallest absolute Gasteiger partial charge is 0.263 e. The first-order chi connectivity index (χ1) is 13.4. The molecule has 0 spiro atoms. The van der Waals surface area contributed by atoms with Crippen molar-refractivity contribution < 1.29 is 18.7 Å². The van der Waals surface area contributed by atoms with E-state index in [1.165, 1.54) is 12.1 Å². The lowest BCUT2D eigenvalue weighted by Gasteiger charge is -2.36. The second-order valence-corrected chi connectivity index (χ2v) is 7.16. The van der Waals surface area contributed by atoms with Crippen molar-refractivity contribution in [2.75, 3.05) is 26.2 Å². The standard InChI is InChI=1S/C21H22ClFN2O3/c1-15(28-19-8-4-17(22)5-9-19)21(27)25-12-10-24(11-13-25)20(26)14-16-2-6-18(23)7-3-16/h2-9,15H,10-14H2,1H3. The van der Waals surface area contributed by atoms with Gasteiger partial charge in [-0.25, -0.2) is 4.39 Å². The Balaban J connectivity index is 1.48. The van der Waals surface area contributed by atoms with Gasteiger partial charge in [0.25, 0.3) is 5.91 Å². The largest absolute Gasteiger partial charge is 0.481 e. The number of rotatable bonds is 5. The molecule has 0 radical (unpaired) electrons. The van der Waals surface area contributed by atoms with E-state index in [0.29, 0.717) is 37.0 Å². The van der Waals surface area contributed by atoms with E-state index in [0.717, 1.165) is 5.56 Å². The van der Waals surface area contributed by atoms with Crippen LogP contribution in [0.3, 0.4) is 0 Å². The van der Waals surface area contributed by atoms with Crippen LogP contribution in [0.5, 0.6) is 5.75 Å². The summed E-state index contributed by atoms with van der Waals surface area (Å²) in [6.45, 7) is 3.58. The van der Waals surface area contributed by atoms with Crippen LogP contribution < -0.4 is 4.74 Å². The molecule has 1 heterocycles. The lowest BCUT2D eigenvalue weighted by atomic mass is 10.1. The molecule has 0 aromatic heterocycles. The Morgan fingerprint density at radius 2 is 1.57 bits per heavy atom. The SMILES string of the molecule is CC(Oc1ccc(Cl)cc1)C(=O)N1CCN(C(=O)Cc2ccc(F)cc2)CC1. The van der Waals surface area contributed by atoms with Crippen molar-refractivity contribution in [1.82, 2.24) is 9.80 Å². The third-order valence-electron chi connectivity index (χ3n) is 4.69. The molecule has 0 bridgehead atoms. The molecule has 1 unspecified atom stereocenters. The number of benzene rings is 2. The summed E-state index contributed by atoms with van der Waals surface area (Å²) in [4.78, 5) is 28.5. The van der Waals surface area contributed by atoms with Gasteiger partial charge in [0.2, 0.25) is 5.91 Å². The molecule has 2 aromatic carbocycles. The minimum absolute atomic E-state index is 0.0239. The van der Waals surface area contributed by atoms with E-state index in [-0.39, 0.29) is 24.1 Å². The highest BCUT2D eigenvalue weighted by atomic mass is 35.5. The Morgan fingerprint density at radius 3 is 2.18 bits per heavy atom. The number of piperazine rings is 1. The second-order valence-electron chi connectivity index (χ2n) is 6.72. The molecule has 0 N–H and O–H groups in total. The van der Waals surface area contributed by atoms with E-state index in [2.05, 4.69) is 0 Å². The van der Waals surface area contributed by atoms with Crippen LogP contribution >= 0.6 is 11.6 Å². The van der Waals surface area contributed by atoms with E-state index in [1.54, 1.807) is 53.1 Å². The van der Waals surface area contributed by atoms with Gasteiger partial charge in [-0.1, -0.05) is 23.7 Å². The maximum atomic E-state index is 13.0. The number of carbonyl (C=O) groups is 2. The van der Waals surface area contributed by atoms with Gasteiger partial charge >= 0.3 is 0 Å². The number of ether oxygens (including phenoxy) is 1. The van der Waals surface area contributed by atoms with Crippen LogP contribution in [-0.2, 0) is 16.0 Å². The van der Waals surface area contributed by atoms with Crippen molar-refractivity contribution in [2.24, 2.45) is 0 Å². The molecule has 148 valence electrons. The summed E-state index contributed by atoms with van der Waals surface area (Å²) in [7, 11) is 0. The van der Waals surface area contributed by atoms with Crippen molar-refractivity contribution in [3.05, 3.63) is 64.9 Å². The van der Waals surface area contributed by atoms with Crippen LogP contribution in [0.15, 0.2) is 48.5 Å². The molecule has 1 saturated heterocycles. The van der Waals surface area contributed by atoms with E-state index in [9.17, 15) is 14.0 Å². The van der Waals surface area contributed by atoms with Gasteiger partial charge < -0.3 is 14.5 Å². The number of hydrogen-bond donors (Lipinski definition) is 0. The van der Waals surface area contributed by atoms with Crippen molar-refractivity contribution in [3.63, 3.8) is 0 Å². The lowest BCUT2D eigenvalue weighted by Crippen LogP contribution is -2.53. The van der Waals surface area contributed by atoms with Gasteiger partial charge in [-0.05, 0) is 48.9 Å². The minimum Gasteiger partial charge on any atom is -0.481 e. The fourth-order valence-electron chi connectivity index (χ4n) is 3.09. The minimum atomic E-state index is -0.623. The van der Waals surface area contributed by atoms with Crippen molar-refractivity contribution >= 4 is 23.4 Å². The Hall–Kier alpha value is -2.60. The normalized spacial score (nSPS) is 15.2. The fourth-order valence-corrected chi connectivity index (χ4v) is 3.22. The number of halogens is 2. The average Bonchev–Trinajstić information content (AvgIpc) is 2.71. The Labute approximate surface area is 168 Å². The van der Waals surface area contributed by atoms with Gasteiger partial charge in [-0.2, -0.15) is 0 Å². The molecule has 1 aliphatic rings. The first kappa shape index (κ1) is 20.1. The highest BCUT2D eigenvalue weighted by Crippen LogP contribution is 2.18. The zero-order valence-corrected chi connectivity index (χ0v) is 16.4. The zero-order valence-electron chi connectivity index (χ0n) is 15.6. The summed E-state index contributed by atoms with van der Waals surface area (Å²) in [6, 6.07) is 12.8. The summed E-state index contributed by atoms with van der Waals surface area (Å²) in [6.07, 6.45) is -0.396. The monoisotopic (exact) mass is 404 g/mol. The maximum absolute atomic E-state index is 13.0. The summed E-state index contributed by atoms with van der Waals surface area (Å²) in [5, 5.41) is 0.604. The Morgan fingerprint density at radius 1 is 1.00 bits per heavy atom. The Kier molecular flexibility index (Phi) is 6.52. The molecule has 3 rings (SSSR count). The van der Waals surface area contributed by atoms with Gasteiger partial charge in [0.05, 0.1) is 6.42 Å². The van der Waals surface area contributed by atoms with Gasteiger partial charge in [0.15, 0.2) is 6.10 Å². The molecule has 1 atom stereocenters. The predicted molar refractivity (Wildman–Crippen MR) is 105 cm³/mol. The van der Waals surface area contributed by atoms with E-state index < -0.39 is 6.10 Å². The van der Waals surface area contributed by atoms with Gasteiger partial charge in [0.1, 0.15) is 11.6 Å². The molecule has 1 fully saturated rings. The molecular weight excluding hydrogens is 383 g/mol. The van der Waals surface area contributed by atoms with Gasteiger partial charge in [-0.15, -0.1) is 0 Å². The van der Waals surface area contributed by atoms with Crippen LogP contribution in [0.1, 0.15) is 12.5 Å². The highest BCUT2D eigenvalue weighted by molar-refractivity contribution is 6.30. The second kappa shape index (κ2) is 9.06. The summed E-state index contributed by atoms with van der Waals surface area (Å²) in [5.74, 6) is 0.126. The molecule has 7 heteroatoms. The van der Waals surface area contributed by atoms with Crippen LogP contribution in [0, 0.1) is 5.82 Å². The number of hydrogen-bond acceptors (Lipinski definition) is 3.